The summed E-state index contributed by atoms with van der Waals surface area (Å²) in [6.07, 6.45) is -0.874. The normalized spacial score (nSPS) is 15.3. The highest BCUT2D eigenvalue weighted by Gasteiger charge is 2.52. The average molecular weight is 646 g/mol. The number of rotatable bonds is 10. The Kier molecular flexibility index (Phi) is 8.60. The number of anilines is 3. The maximum absolute atomic E-state index is 13.6. The summed E-state index contributed by atoms with van der Waals surface area (Å²) < 4.78 is 24.9. The van der Waals surface area contributed by atoms with E-state index in [1.165, 1.54) is 34.6 Å². The zero-order chi connectivity index (χ0) is 31.5. The Morgan fingerprint density at radius 1 is 0.933 bits per heavy atom. The highest BCUT2D eigenvalue weighted by molar-refractivity contribution is 7.22. The lowest BCUT2D eigenvalue weighted by molar-refractivity contribution is -0.120. The molecule has 11 nitrogen and oxygen atoms in total. The highest BCUT2D eigenvalue weighted by atomic mass is 32.1. The third-order valence-electron chi connectivity index (χ3n) is 6.68. The lowest BCUT2D eigenvalue weighted by Crippen LogP contribution is -2.36. The van der Waals surface area contributed by atoms with Crippen molar-refractivity contribution in [3.63, 3.8) is 0 Å². The Labute approximate surface area is 263 Å². The Hall–Kier alpha value is -5.05. The molecule has 1 fully saturated rings. The summed E-state index contributed by atoms with van der Waals surface area (Å²) in [5.41, 5.74) is 2.20. The molecule has 228 valence electrons. The van der Waals surface area contributed by atoms with Crippen LogP contribution in [-0.4, -0.2) is 52.5 Å². The van der Waals surface area contributed by atoms with E-state index in [0.717, 1.165) is 21.6 Å². The van der Waals surface area contributed by atoms with Crippen LogP contribution in [0.25, 0.3) is 10.2 Å². The topological polar surface area (TPSA) is 143 Å². The number of nitrogens with one attached hydrogen (secondary N) is 2. The van der Waals surface area contributed by atoms with Gasteiger partial charge < -0.3 is 14.4 Å². The van der Waals surface area contributed by atoms with Gasteiger partial charge in [0.15, 0.2) is 22.5 Å². The molecule has 5 aromatic rings. The fraction of sp³-hybridized carbons (Fsp3) is 0.161. The van der Waals surface area contributed by atoms with Gasteiger partial charge in [-0.1, -0.05) is 46.9 Å². The first-order valence-corrected chi connectivity index (χ1v) is 15.3. The number of halogens is 1. The first kappa shape index (κ1) is 30.0. The monoisotopic (exact) mass is 645 g/mol. The van der Waals surface area contributed by atoms with Gasteiger partial charge in [-0.3, -0.25) is 25.0 Å². The molecule has 1 aliphatic heterocycles. The number of carbonyl (C=O) groups excluding carboxylic acids is 4. The number of nitrogens with zero attached hydrogens (tertiary/aromatic N) is 3. The number of ether oxygens (including phenoxy) is 2. The van der Waals surface area contributed by atoms with E-state index < -0.39 is 35.8 Å². The number of benzene rings is 3. The zero-order valence-electron chi connectivity index (χ0n) is 23.6. The number of epoxide rings is 1. The summed E-state index contributed by atoms with van der Waals surface area (Å²) in [5, 5.41) is 5.99. The number of para-hydroxylation sites is 1. The largest absolute Gasteiger partial charge is 0.462 e. The van der Waals surface area contributed by atoms with Gasteiger partial charge in [-0.05, 0) is 61.0 Å². The van der Waals surface area contributed by atoms with Crippen molar-refractivity contribution in [1.29, 1.82) is 0 Å². The Balaban J connectivity index is 1.15. The molecule has 0 aliphatic carbocycles. The first-order chi connectivity index (χ1) is 21.8. The van der Waals surface area contributed by atoms with Gasteiger partial charge >= 0.3 is 5.97 Å². The number of thiazole rings is 2. The molecule has 0 radical (unpaired) electrons. The third kappa shape index (κ3) is 6.87. The lowest BCUT2D eigenvalue weighted by atomic mass is 10.1. The summed E-state index contributed by atoms with van der Waals surface area (Å²) in [4.78, 5) is 61.4. The predicted octanol–water partition coefficient (Wildman–Crippen LogP) is 5.26. The minimum atomic E-state index is -1.09. The second-order valence-electron chi connectivity index (χ2n) is 9.76. The summed E-state index contributed by atoms with van der Waals surface area (Å²) in [6.45, 7) is 1.94. The van der Waals surface area contributed by atoms with Crippen LogP contribution in [-0.2, 0) is 25.6 Å². The standard InChI is InChI=1S/C31H24FN5O6S2/c1-2-42-29(41)23-15-33-30(45-23)36-27(39)24-25(43-24)28(40)37(16-17-7-11-19(32)12-8-17)20-13-9-18(10-14-20)26(38)35-31-34-21-5-3-4-6-22(21)44-31/h3-15,24-25H,2,16H2,1H3,(H,33,36,39)(H,34,35,38)/t24-,25-/m0/s1. The van der Waals surface area contributed by atoms with Crippen LogP contribution in [0.1, 0.15) is 32.5 Å². The third-order valence-corrected chi connectivity index (χ3v) is 8.53. The van der Waals surface area contributed by atoms with Gasteiger partial charge in [0, 0.05) is 11.3 Å². The molecule has 2 aromatic heterocycles. The highest BCUT2D eigenvalue weighted by Crippen LogP contribution is 2.31. The van der Waals surface area contributed by atoms with E-state index in [-0.39, 0.29) is 29.1 Å². The summed E-state index contributed by atoms with van der Waals surface area (Å²) in [7, 11) is 0. The van der Waals surface area contributed by atoms with Crippen molar-refractivity contribution in [3.8, 4) is 0 Å². The van der Waals surface area contributed by atoms with E-state index in [9.17, 15) is 23.6 Å². The Morgan fingerprint density at radius 3 is 2.42 bits per heavy atom. The molecule has 2 N–H and O–H groups in total. The van der Waals surface area contributed by atoms with Crippen molar-refractivity contribution in [3.05, 3.63) is 101 Å². The molecule has 3 heterocycles. The second kappa shape index (κ2) is 12.9. The second-order valence-corrected chi connectivity index (χ2v) is 11.8. The number of fused-ring (bicyclic) bond motifs is 1. The van der Waals surface area contributed by atoms with Gasteiger partial charge in [-0.25, -0.2) is 19.2 Å². The van der Waals surface area contributed by atoms with Crippen molar-refractivity contribution in [1.82, 2.24) is 9.97 Å². The maximum atomic E-state index is 13.6. The minimum absolute atomic E-state index is 0.0555. The molecule has 2 atom stereocenters. The van der Waals surface area contributed by atoms with Crippen LogP contribution in [0.15, 0.2) is 79.0 Å². The van der Waals surface area contributed by atoms with Crippen LogP contribution >= 0.6 is 22.7 Å². The Bertz CT molecular complexity index is 1860. The quantitative estimate of drug-likeness (QED) is 0.155. The molecule has 0 unspecified atom stereocenters. The van der Waals surface area contributed by atoms with Gasteiger partial charge in [0.05, 0.1) is 29.6 Å². The van der Waals surface area contributed by atoms with Gasteiger partial charge in [0.25, 0.3) is 17.7 Å². The molecular weight excluding hydrogens is 622 g/mol. The van der Waals surface area contributed by atoms with E-state index in [4.69, 9.17) is 9.47 Å². The average Bonchev–Trinajstić information content (AvgIpc) is 3.53. The van der Waals surface area contributed by atoms with Crippen LogP contribution in [0.2, 0.25) is 0 Å². The smallest absolute Gasteiger partial charge is 0.350 e. The van der Waals surface area contributed by atoms with Crippen LogP contribution < -0.4 is 15.5 Å². The predicted molar refractivity (Wildman–Crippen MR) is 167 cm³/mol. The molecule has 1 saturated heterocycles. The van der Waals surface area contributed by atoms with E-state index >= 15 is 0 Å². The fourth-order valence-corrected chi connectivity index (χ4v) is 5.99. The van der Waals surface area contributed by atoms with Gasteiger partial charge in [0.2, 0.25) is 0 Å². The molecular formula is C31H24FN5O6S2. The molecule has 0 saturated carbocycles. The van der Waals surface area contributed by atoms with E-state index in [1.807, 2.05) is 24.3 Å². The molecule has 3 aromatic carbocycles. The number of carbonyl (C=O) groups is 4. The molecule has 14 heteroatoms. The summed E-state index contributed by atoms with van der Waals surface area (Å²) in [5.74, 6) is -2.44. The van der Waals surface area contributed by atoms with Crippen molar-refractivity contribution >= 4 is 72.5 Å². The van der Waals surface area contributed by atoms with Crippen molar-refractivity contribution in [2.45, 2.75) is 25.7 Å². The molecule has 0 spiro atoms. The SMILES string of the molecule is CCOC(=O)c1cnc(NC(=O)[C@H]2O[C@@H]2C(=O)N(Cc2ccc(F)cc2)c2ccc(C(=O)Nc3nc4ccccc4s3)cc2)s1. The van der Waals surface area contributed by atoms with Crippen LogP contribution in [0.5, 0.6) is 0 Å². The van der Waals surface area contributed by atoms with Crippen LogP contribution in [0, 0.1) is 5.82 Å². The zero-order valence-corrected chi connectivity index (χ0v) is 25.2. The number of hydrogen-bond donors (Lipinski definition) is 2. The minimum Gasteiger partial charge on any atom is -0.462 e. The molecule has 6 rings (SSSR count). The van der Waals surface area contributed by atoms with Crippen molar-refractivity contribution in [2.24, 2.45) is 0 Å². The van der Waals surface area contributed by atoms with Crippen LogP contribution in [0.3, 0.4) is 0 Å². The molecule has 45 heavy (non-hydrogen) atoms. The molecule has 1 aliphatic rings. The van der Waals surface area contributed by atoms with Gasteiger partial charge in [-0.15, -0.1) is 0 Å². The molecule has 3 amide bonds. The number of amides is 3. The van der Waals surface area contributed by atoms with Gasteiger partial charge in [0.1, 0.15) is 10.7 Å². The Morgan fingerprint density at radius 2 is 1.69 bits per heavy atom. The maximum Gasteiger partial charge on any atom is 0.350 e. The first-order valence-electron chi connectivity index (χ1n) is 13.7. The fourth-order valence-electron chi connectivity index (χ4n) is 4.41. The number of hydrogen-bond acceptors (Lipinski definition) is 10. The number of aromatic nitrogens is 2. The van der Waals surface area contributed by atoms with E-state index in [2.05, 4.69) is 20.6 Å². The lowest BCUT2D eigenvalue weighted by Gasteiger charge is -2.23. The van der Waals surface area contributed by atoms with Crippen molar-refractivity contribution < 1.29 is 33.0 Å². The van der Waals surface area contributed by atoms with E-state index in [0.29, 0.717) is 21.9 Å². The summed E-state index contributed by atoms with van der Waals surface area (Å²) >= 11 is 2.30. The summed E-state index contributed by atoms with van der Waals surface area (Å²) in [6, 6.07) is 19.6. The van der Waals surface area contributed by atoms with Gasteiger partial charge in [-0.2, -0.15) is 0 Å². The number of esters is 1. The van der Waals surface area contributed by atoms with Crippen molar-refractivity contribution in [2.75, 3.05) is 22.1 Å². The molecule has 0 bridgehead atoms. The van der Waals surface area contributed by atoms with Crippen LogP contribution in [0.4, 0.5) is 20.3 Å². The van der Waals surface area contributed by atoms with E-state index in [1.54, 1.807) is 43.3 Å².